The Morgan fingerprint density at radius 2 is 0.976 bits per heavy atom. The van der Waals surface area contributed by atoms with E-state index >= 15 is 0 Å². The molecular weight excluding hydrogens is 529 g/mol. The third-order valence-electron chi connectivity index (χ3n) is 8.54. The Bertz CT molecular complexity index is 2390. The van der Waals surface area contributed by atoms with E-state index in [-0.39, 0.29) is 0 Å². The van der Waals surface area contributed by atoms with Crippen LogP contribution in [0.1, 0.15) is 0 Å². The molecule has 196 valence electrons. The Morgan fingerprint density at radius 1 is 0.405 bits per heavy atom. The van der Waals surface area contributed by atoms with Gasteiger partial charge in [-0.05, 0) is 67.6 Å². The summed E-state index contributed by atoms with van der Waals surface area (Å²) in [5.41, 5.74) is 8.33. The first-order chi connectivity index (χ1) is 20.8. The van der Waals surface area contributed by atoms with Crippen molar-refractivity contribution in [3.63, 3.8) is 0 Å². The highest BCUT2D eigenvalue weighted by Gasteiger charge is 2.19. The molecule has 42 heavy (non-hydrogen) atoms. The second-order valence-electron chi connectivity index (χ2n) is 10.8. The minimum Gasteiger partial charge on any atom is -0.464 e. The van der Waals surface area contributed by atoms with E-state index in [1.807, 2.05) is 17.6 Å². The summed E-state index contributed by atoms with van der Waals surface area (Å²) < 4.78 is 8.64. The Morgan fingerprint density at radius 3 is 1.62 bits per heavy atom. The van der Waals surface area contributed by atoms with Gasteiger partial charge < -0.3 is 4.42 Å². The molecule has 0 aliphatic rings. The smallest absolute Gasteiger partial charge is 0.135 e. The monoisotopic (exact) mass is 552 g/mol. The van der Waals surface area contributed by atoms with Crippen molar-refractivity contribution in [3.8, 4) is 33.4 Å². The van der Waals surface area contributed by atoms with E-state index in [4.69, 9.17) is 4.42 Å². The van der Waals surface area contributed by atoms with Gasteiger partial charge in [0.2, 0.25) is 0 Å². The lowest BCUT2D eigenvalue weighted by atomic mass is 9.86. The zero-order valence-electron chi connectivity index (χ0n) is 22.7. The van der Waals surface area contributed by atoms with Crippen molar-refractivity contribution >= 4 is 64.0 Å². The van der Waals surface area contributed by atoms with Gasteiger partial charge >= 0.3 is 0 Å². The van der Waals surface area contributed by atoms with E-state index in [0.717, 1.165) is 11.1 Å². The number of hydrogen-bond acceptors (Lipinski definition) is 2. The molecule has 0 fully saturated rings. The number of rotatable bonds is 3. The van der Waals surface area contributed by atoms with Crippen LogP contribution in [0.3, 0.4) is 0 Å². The van der Waals surface area contributed by atoms with E-state index in [9.17, 15) is 0 Å². The zero-order chi connectivity index (χ0) is 27.6. The van der Waals surface area contributed by atoms with Crippen LogP contribution in [-0.2, 0) is 0 Å². The molecule has 0 unspecified atom stereocenters. The lowest BCUT2D eigenvalue weighted by Gasteiger charge is -2.17. The van der Waals surface area contributed by atoms with Gasteiger partial charge in [-0.2, -0.15) is 0 Å². The van der Waals surface area contributed by atoms with Crippen LogP contribution in [0.25, 0.3) is 86.1 Å². The number of thiophene rings is 1. The molecule has 7 aromatic carbocycles. The van der Waals surface area contributed by atoms with E-state index in [1.54, 1.807) is 0 Å². The summed E-state index contributed by atoms with van der Waals surface area (Å²) in [7, 11) is 0. The highest BCUT2D eigenvalue weighted by molar-refractivity contribution is 7.26. The molecule has 9 rings (SSSR count). The molecule has 0 saturated heterocycles. The van der Waals surface area contributed by atoms with E-state index in [2.05, 4.69) is 140 Å². The van der Waals surface area contributed by atoms with Crippen LogP contribution in [0.2, 0.25) is 0 Å². The molecular formula is C40H24OS. The summed E-state index contributed by atoms with van der Waals surface area (Å²) >= 11 is 1.86. The molecule has 0 saturated carbocycles. The van der Waals surface area contributed by atoms with E-state index in [1.165, 1.54) is 74.9 Å². The first kappa shape index (κ1) is 23.5. The van der Waals surface area contributed by atoms with Crippen molar-refractivity contribution in [2.45, 2.75) is 0 Å². The predicted molar refractivity (Wildman–Crippen MR) is 180 cm³/mol. The Balaban J connectivity index is 1.34. The van der Waals surface area contributed by atoms with Gasteiger partial charge in [-0.15, -0.1) is 11.3 Å². The van der Waals surface area contributed by atoms with Gasteiger partial charge in [0.1, 0.15) is 5.58 Å². The van der Waals surface area contributed by atoms with Crippen molar-refractivity contribution in [2.75, 3.05) is 0 Å². The average molecular weight is 553 g/mol. The number of benzene rings is 7. The maximum absolute atomic E-state index is 6.07. The summed E-state index contributed by atoms with van der Waals surface area (Å²) in [6.45, 7) is 0. The van der Waals surface area contributed by atoms with Gasteiger partial charge in [0.15, 0.2) is 0 Å². The fourth-order valence-corrected chi connectivity index (χ4v) is 7.89. The summed E-state index contributed by atoms with van der Waals surface area (Å²) in [5, 5.41) is 8.86. The van der Waals surface area contributed by atoms with Crippen LogP contribution >= 0.6 is 11.3 Å². The fraction of sp³-hybridized carbons (Fsp3) is 0. The normalized spacial score (nSPS) is 11.8. The van der Waals surface area contributed by atoms with Crippen LogP contribution < -0.4 is 0 Å². The van der Waals surface area contributed by atoms with Gasteiger partial charge in [-0.3, -0.25) is 0 Å². The van der Waals surface area contributed by atoms with Crippen LogP contribution in [0, 0.1) is 0 Å². The molecule has 0 N–H and O–H groups in total. The van der Waals surface area contributed by atoms with E-state index in [0.29, 0.717) is 0 Å². The maximum Gasteiger partial charge on any atom is 0.135 e. The molecule has 0 spiro atoms. The largest absolute Gasteiger partial charge is 0.464 e. The van der Waals surface area contributed by atoms with Crippen LogP contribution in [0.15, 0.2) is 150 Å². The third kappa shape index (κ3) is 3.43. The quantitative estimate of drug-likeness (QED) is 0.199. The van der Waals surface area contributed by atoms with Gasteiger partial charge in [-0.25, -0.2) is 0 Å². The molecule has 0 atom stereocenters. The molecule has 0 bridgehead atoms. The SMILES string of the molecule is c1ccc(-c2c3ccccc3c(-c3ccc4c(c3)sc3ccc5occ(-c6ccccc6)c5c34)c3ccccc23)cc1. The number of hydrogen-bond donors (Lipinski definition) is 0. The molecule has 0 aliphatic carbocycles. The minimum atomic E-state index is 0.929. The Labute approximate surface area is 246 Å². The molecule has 1 nitrogen and oxygen atoms in total. The maximum atomic E-state index is 6.07. The standard InChI is InChI=1S/C40H24OS/c1-3-11-25(12-4-1)33-24-41-34-21-22-35-40(39(33)34)32-20-19-27(23-36(32)42-35)38-30-17-9-7-15-28(30)37(26-13-5-2-6-14-26)29-16-8-10-18-31(29)38/h1-24H. The van der Waals surface area contributed by atoms with Gasteiger partial charge in [-0.1, -0.05) is 121 Å². The highest BCUT2D eigenvalue weighted by atomic mass is 32.1. The van der Waals surface area contributed by atoms with Gasteiger partial charge in [0, 0.05) is 31.1 Å². The predicted octanol–water partition coefficient (Wildman–Crippen LogP) is 12.1. The summed E-state index contributed by atoms with van der Waals surface area (Å²) in [6, 6.07) is 50.4. The summed E-state index contributed by atoms with van der Waals surface area (Å²) in [4.78, 5) is 0. The van der Waals surface area contributed by atoms with Crippen LogP contribution in [-0.4, -0.2) is 0 Å². The molecule has 0 amide bonds. The summed E-state index contributed by atoms with van der Waals surface area (Å²) in [5.74, 6) is 0. The Hall–Kier alpha value is -5.18. The lowest BCUT2D eigenvalue weighted by molar-refractivity contribution is 0.617. The van der Waals surface area contributed by atoms with E-state index < -0.39 is 0 Å². The number of fused-ring (bicyclic) bond motifs is 7. The molecule has 2 aromatic heterocycles. The lowest BCUT2D eigenvalue weighted by Crippen LogP contribution is -1.90. The fourth-order valence-electron chi connectivity index (χ4n) is 6.74. The van der Waals surface area contributed by atoms with Crippen molar-refractivity contribution < 1.29 is 4.42 Å². The molecule has 0 radical (unpaired) electrons. The van der Waals surface area contributed by atoms with Crippen molar-refractivity contribution in [1.29, 1.82) is 0 Å². The topological polar surface area (TPSA) is 13.1 Å². The first-order valence-corrected chi connectivity index (χ1v) is 15.1. The second-order valence-corrected chi connectivity index (χ2v) is 11.9. The van der Waals surface area contributed by atoms with Gasteiger partial charge in [0.05, 0.1) is 6.26 Å². The number of furan rings is 1. The van der Waals surface area contributed by atoms with Crippen molar-refractivity contribution in [2.24, 2.45) is 0 Å². The van der Waals surface area contributed by atoms with Crippen LogP contribution in [0.5, 0.6) is 0 Å². The Kier molecular flexibility index (Phi) is 5.13. The minimum absolute atomic E-state index is 0.929. The molecule has 0 aliphatic heterocycles. The highest BCUT2D eigenvalue weighted by Crippen LogP contribution is 2.47. The van der Waals surface area contributed by atoms with Gasteiger partial charge in [0.25, 0.3) is 0 Å². The summed E-state index contributed by atoms with van der Waals surface area (Å²) in [6.07, 6.45) is 1.91. The zero-order valence-corrected chi connectivity index (χ0v) is 23.5. The molecule has 9 aromatic rings. The third-order valence-corrected chi connectivity index (χ3v) is 9.66. The van der Waals surface area contributed by atoms with Crippen LogP contribution in [0.4, 0.5) is 0 Å². The average Bonchev–Trinajstić information content (AvgIpc) is 3.65. The molecule has 2 heteroatoms. The second kappa shape index (κ2) is 9.17. The van der Waals surface area contributed by atoms with Crippen molar-refractivity contribution in [1.82, 2.24) is 0 Å². The van der Waals surface area contributed by atoms with Crippen molar-refractivity contribution in [3.05, 3.63) is 146 Å². The first-order valence-electron chi connectivity index (χ1n) is 14.3. The molecule has 2 heterocycles.